The minimum Gasteiger partial charge on any atom is -0.464 e. The molecule has 0 saturated heterocycles. The lowest BCUT2D eigenvalue weighted by Crippen LogP contribution is -2.50. The van der Waals surface area contributed by atoms with Gasteiger partial charge in [0.1, 0.15) is 6.04 Å². The van der Waals surface area contributed by atoms with Gasteiger partial charge in [-0.15, -0.1) is 0 Å². The van der Waals surface area contributed by atoms with Gasteiger partial charge in [-0.25, -0.2) is 4.79 Å². The van der Waals surface area contributed by atoms with Crippen LogP contribution in [0, 0.1) is 0 Å². The average Bonchev–Trinajstić information content (AvgIpc) is 2.75. The zero-order valence-electron chi connectivity index (χ0n) is 18.7. The lowest BCUT2D eigenvalue weighted by Gasteiger charge is -2.20. The summed E-state index contributed by atoms with van der Waals surface area (Å²) >= 11 is 0. The number of amides is 1. The van der Waals surface area contributed by atoms with Crippen LogP contribution in [0.1, 0.15) is 63.9 Å². The Bertz CT molecular complexity index is 662. The number of nitrogens with two attached hydrogens (primary N) is 3. The number of hydrogen-bond acceptors (Lipinski definition) is 5. The Labute approximate surface area is 186 Å². The first-order chi connectivity index (χ1) is 14.9. The maximum atomic E-state index is 12.7. The molecule has 0 aliphatic carbocycles. The van der Waals surface area contributed by atoms with Crippen molar-refractivity contribution in [2.75, 3.05) is 13.2 Å². The predicted molar refractivity (Wildman–Crippen MR) is 124 cm³/mol. The fourth-order valence-corrected chi connectivity index (χ4v) is 3.13. The van der Waals surface area contributed by atoms with E-state index in [4.69, 9.17) is 21.9 Å². The minimum absolute atomic E-state index is 0.00839. The zero-order chi connectivity index (χ0) is 22.9. The molecule has 0 radical (unpaired) electrons. The van der Waals surface area contributed by atoms with Gasteiger partial charge in [-0.2, -0.15) is 0 Å². The van der Waals surface area contributed by atoms with E-state index in [1.807, 2.05) is 30.3 Å². The van der Waals surface area contributed by atoms with E-state index in [1.54, 1.807) is 0 Å². The first-order valence-electron chi connectivity index (χ1n) is 11.3. The summed E-state index contributed by atoms with van der Waals surface area (Å²) in [4.78, 5) is 29.1. The molecule has 2 atom stereocenters. The number of esters is 1. The Hall–Kier alpha value is -2.61. The molecule has 174 valence electrons. The van der Waals surface area contributed by atoms with Crippen LogP contribution in [0.25, 0.3) is 0 Å². The molecule has 0 spiro atoms. The van der Waals surface area contributed by atoms with Crippen LogP contribution in [0.2, 0.25) is 0 Å². The molecule has 0 aromatic heterocycles. The van der Waals surface area contributed by atoms with Gasteiger partial charge in [-0.05, 0) is 24.8 Å². The highest BCUT2D eigenvalue weighted by molar-refractivity contribution is 5.87. The van der Waals surface area contributed by atoms with Crippen molar-refractivity contribution in [2.45, 2.75) is 76.8 Å². The molecule has 8 nitrogen and oxygen atoms in total. The van der Waals surface area contributed by atoms with E-state index in [0.717, 1.165) is 24.8 Å². The molecule has 0 aliphatic heterocycles. The smallest absolute Gasteiger partial charge is 0.328 e. The molecule has 0 unspecified atom stereocenters. The number of nitrogens with one attached hydrogen (secondary N) is 1. The van der Waals surface area contributed by atoms with Crippen LogP contribution in [0.15, 0.2) is 35.3 Å². The maximum absolute atomic E-state index is 12.7. The van der Waals surface area contributed by atoms with Crippen LogP contribution in [0.5, 0.6) is 0 Å². The zero-order valence-corrected chi connectivity index (χ0v) is 18.7. The number of aliphatic imine (C=N–C) groups is 1. The van der Waals surface area contributed by atoms with Crippen LogP contribution < -0.4 is 22.5 Å². The predicted octanol–water partition coefficient (Wildman–Crippen LogP) is 2.00. The summed E-state index contributed by atoms with van der Waals surface area (Å²) in [6, 6.07) is 7.99. The summed E-state index contributed by atoms with van der Waals surface area (Å²) < 4.78 is 5.45. The molecule has 0 fully saturated rings. The monoisotopic (exact) mass is 433 g/mol. The summed E-state index contributed by atoms with van der Waals surface area (Å²) in [5, 5.41) is 2.76. The molecule has 7 N–H and O–H groups in total. The van der Waals surface area contributed by atoms with Gasteiger partial charge in [0.05, 0.1) is 12.6 Å². The van der Waals surface area contributed by atoms with Crippen molar-refractivity contribution in [2.24, 2.45) is 22.2 Å². The van der Waals surface area contributed by atoms with E-state index in [0.29, 0.717) is 32.4 Å². The Balaban J connectivity index is 2.55. The van der Waals surface area contributed by atoms with Crippen molar-refractivity contribution in [1.82, 2.24) is 5.32 Å². The number of carbonyl (C=O) groups is 2. The topological polar surface area (TPSA) is 146 Å². The number of carbonyl (C=O) groups excluding carboxylic acids is 2. The maximum Gasteiger partial charge on any atom is 0.328 e. The van der Waals surface area contributed by atoms with Gasteiger partial charge in [-0.1, -0.05) is 69.4 Å². The largest absolute Gasteiger partial charge is 0.464 e. The number of rotatable bonds is 16. The summed E-state index contributed by atoms with van der Waals surface area (Å²) in [5.41, 5.74) is 17.5. The number of hydrogen-bond donors (Lipinski definition) is 4. The molecule has 0 aliphatic rings. The lowest BCUT2D eigenvalue weighted by molar-refractivity contribution is -0.148. The highest BCUT2D eigenvalue weighted by Crippen LogP contribution is 2.08. The summed E-state index contributed by atoms with van der Waals surface area (Å²) in [6.45, 7) is 2.94. The van der Waals surface area contributed by atoms with Crippen LogP contribution in [0.3, 0.4) is 0 Å². The second kappa shape index (κ2) is 16.1. The van der Waals surface area contributed by atoms with E-state index in [2.05, 4.69) is 17.2 Å². The third-order valence-corrected chi connectivity index (χ3v) is 4.93. The Morgan fingerprint density at radius 2 is 1.71 bits per heavy atom. The van der Waals surface area contributed by atoms with E-state index in [9.17, 15) is 9.59 Å². The lowest BCUT2D eigenvalue weighted by atomic mass is 10.0. The van der Waals surface area contributed by atoms with Crippen LogP contribution >= 0.6 is 0 Å². The van der Waals surface area contributed by atoms with Gasteiger partial charge in [0.2, 0.25) is 5.91 Å². The minimum atomic E-state index is -0.779. The molecule has 1 aromatic rings. The number of guanidine groups is 1. The highest BCUT2D eigenvalue weighted by atomic mass is 16.5. The Kier molecular flexibility index (Phi) is 13.7. The van der Waals surface area contributed by atoms with Gasteiger partial charge < -0.3 is 27.3 Å². The van der Waals surface area contributed by atoms with Crippen molar-refractivity contribution in [1.29, 1.82) is 0 Å². The van der Waals surface area contributed by atoms with Crippen LogP contribution in [-0.2, 0) is 20.7 Å². The fraction of sp³-hybridized carbons (Fsp3) is 0.609. The fourth-order valence-electron chi connectivity index (χ4n) is 3.13. The SMILES string of the molecule is CCCCCCCCOC(=O)[C@H](Cc1ccccc1)NC(=O)[C@@H](N)CCCN=C(N)N. The standard InChI is InChI=1S/C23H39N5O3/c1-2-3-4-5-6-10-16-31-22(30)20(17-18-12-8-7-9-13-18)28-21(29)19(24)14-11-15-27-23(25)26/h7-9,12-13,19-20H,2-6,10-11,14-17,24H2,1H3,(H,28,29)(H4,25,26,27)/t19-,20-/m0/s1. The quantitative estimate of drug-likeness (QED) is 0.136. The number of unbranched alkanes of at least 4 members (excludes halogenated alkanes) is 5. The number of nitrogens with zero attached hydrogens (tertiary/aromatic N) is 1. The van der Waals surface area contributed by atoms with Gasteiger partial charge in [-0.3, -0.25) is 9.79 Å². The summed E-state index contributed by atoms with van der Waals surface area (Å²) in [5.74, 6) is -0.810. The Morgan fingerprint density at radius 1 is 1.03 bits per heavy atom. The first-order valence-corrected chi connectivity index (χ1v) is 11.3. The molecule has 0 saturated carbocycles. The summed E-state index contributed by atoms with van der Waals surface area (Å²) in [7, 11) is 0. The van der Waals surface area contributed by atoms with Crippen molar-refractivity contribution >= 4 is 17.8 Å². The van der Waals surface area contributed by atoms with Gasteiger partial charge >= 0.3 is 5.97 Å². The van der Waals surface area contributed by atoms with E-state index in [-0.39, 0.29) is 11.9 Å². The molecule has 1 rings (SSSR count). The molecule has 31 heavy (non-hydrogen) atoms. The van der Waals surface area contributed by atoms with Gasteiger partial charge in [0, 0.05) is 13.0 Å². The molecular formula is C23H39N5O3. The van der Waals surface area contributed by atoms with Crippen molar-refractivity contribution < 1.29 is 14.3 Å². The molecule has 0 bridgehead atoms. The van der Waals surface area contributed by atoms with Gasteiger partial charge in [0.25, 0.3) is 0 Å². The van der Waals surface area contributed by atoms with E-state index >= 15 is 0 Å². The van der Waals surface area contributed by atoms with Crippen molar-refractivity contribution in [3.8, 4) is 0 Å². The second-order valence-corrected chi connectivity index (χ2v) is 7.74. The number of ether oxygens (including phenoxy) is 1. The van der Waals surface area contributed by atoms with Gasteiger partial charge in [0.15, 0.2) is 5.96 Å². The third-order valence-electron chi connectivity index (χ3n) is 4.93. The molecular weight excluding hydrogens is 394 g/mol. The van der Waals surface area contributed by atoms with Crippen molar-refractivity contribution in [3.05, 3.63) is 35.9 Å². The third kappa shape index (κ3) is 12.6. The first kappa shape index (κ1) is 26.4. The molecule has 8 heteroatoms. The Morgan fingerprint density at radius 3 is 2.39 bits per heavy atom. The highest BCUT2D eigenvalue weighted by Gasteiger charge is 2.25. The molecule has 1 aromatic carbocycles. The van der Waals surface area contributed by atoms with E-state index < -0.39 is 18.1 Å². The second-order valence-electron chi connectivity index (χ2n) is 7.74. The number of benzene rings is 1. The van der Waals surface area contributed by atoms with Crippen LogP contribution in [0.4, 0.5) is 0 Å². The van der Waals surface area contributed by atoms with Crippen molar-refractivity contribution in [3.63, 3.8) is 0 Å². The average molecular weight is 434 g/mol. The van der Waals surface area contributed by atoms with E-state index in [1.165, 1.54) is 19.3 Å². The molecule has 0 heterocycles. The summed E-state index contributed by atoms with van der Waals surface area (Å²) in [6.07, 6.45) is 7.97. The van der Waals surface area contributed by atoms with Crippen LogP contribution in [-0.4, -0.2) is 43.1 Å². The normalized spacial score (nSPS) is 12.6. The molecule has 1 amide bonds.